The molecule has 10 heteroatoms. The first-order valence-electron chi connectivity index (χ1n) is 12.8. The van der Waals surface area contributed by atoms with Gasteiger partial charge in [-0.3, -0.25) is 19.3 Å². The van der Waals surface area contributed by atoms with Crippen LogP contribution in [0.1, 0.15) is 71.6 Å². The highest BCUT2D eigenvalue weighted by molar-refractivity contribution is 5.97. The molecule has 0 saturated carbocycles. The predicted molar refractivity (Wildman–Crippen MR) is 142 cm³/mol. The number of carbonyl (C=O) groups is 4. The summed E-state index contributed by atoms with van der Waals surface area (Å²) in [5.41, 5.74) is 1.41. The van der Waals surface area contributed by atoms with E-state index in [2.05, 4.69) is 41.5 Å². The van der Waals surface area contributed by atoms with Gasteiger partial charge in [0.1, 0.15) is 0 Å². The lowest BCUT2D eigenvalue weighted by molar-refractivity contribution is -0.170. The number of benzene rings is 2. The number of carbonyl (C=O) groups excluding carboxylic acids is 1. The summed E-state index contributed by atoms with van der Waals surface area (Å²) in [5.74, 6) is -4.97. The fraction of sp³-hybridized carbons (Fsp3) is 0.448. The molecule has 2 heterocycles. The van der Waals surface area contributed by atoms with Crippen LogP contribution in [0.4, 0.5) is 0 Å². The average molecular weight is 541 g/mol. The number of hydrogen-bond donors (Lipinski definition) is 5. The molecule has 2 aromatic carbocycles. The van der Waals surface area contributed by atoms with E-state index >= 15 is 0 Å². The van der Waals surface area contributed by atoms with Crippen molar-refractivity contribution in [2.24, 2.45) is 0 Å². The van der Waals surface area contributed by atoms with Crippen molar-refractivity contribution in [1.29, 1.82) is 0 Å². The van der Waals surface area contributed by atoms with Crippen LogP contribution in [0, 0.1) is 13.8 Å². The summed E-state index contributed by atoms with van der Waals surface area (Å²) in [6, 6.07) is 17.2. The lowest BCUT2D eigenvalue weighted by Gasteiger charge is -2.41. The third kappa shape index (κ3) is 6.46. The Hall–Kier alpha value is -3.76. The number of nitrogens with zero attached hydrogens (tertiary/aromatic N) is 1. The molecule has 0 unspecified atom stereocenters. The van der Waals surface area contributed by atoms with Crippen LogP contribution >= 0.6 is 0 Å². The molecule has 5 N–H and O–H groups in total. The van der Waals surface area contributed by atoms with Crippen molar-refractivity contribution < 1.29 is 39.6 Å². The van der Waals surface area contributed by atoms with Gasteiger partial charge in [0.25, 0.3) is 5.91 Å². The molecule has 2 fully saturated rings. The summed E-state index contributed by atoms with van der Waals surface area (Å²) in [5, 5.41) is 37.3. The van der Waals surface area contributed by atoms with Gasteiger partial charge in [0.15, 0.2) is 5.60 Å². The number of aliphatic carboxylic acids is 3. The van der Waals surface area contributed by atoms with Crippen LogP contribution < -0.4 is 5.32 Å². The largest absolute Gasteiger partial charge is 0.481 e. The van der Waals surface area contributed by atoms with E-state index in [1.165, 1.54) is 18.4 Å². The van der Waals surface area contributed by atoms with Gasteiger partial charge in [-0.2, -0.15) is 0 Å². The number of rotatable bonds is 9. The maximum atomic E-state index is 13.3. The van der Waals surface area contributed by atoms with Gasteiger partial charge < -0.3 is 25.7 Å². The Morgan fingerprint density at radius 2 is 1.44 bits per heavy atom. The standard InChI is InChI=1S/C23H28N2O.C6H8O7/c1-16-8-7-9-17(2)20(16)22(26)24-21(18-10-5-4-6-11-18)23-14-12-19(13-15-23)25(23)3;7-3(8)1-6(13,5(11)12)2-4(9)10/h4-11,19,21H,12-15H2,1-3H3,(H,24,26);13H,1-2H2,(H,7,8)(H,9,10)(H,11,12)/t19?,21-,23?;/m0./s1. The highest BCUT2D eigenvalue weighted by atomic mass is 16.4. The minimum absolute atomic E-state index is 0.0210. The summed E-state index contributed by atoms with van der Waals surface area (Å²) >= 11 is 0. The predicted octanol–water partition coefficient (Wildman–Crippen LogP) is 3.15. The quantitative estimate of drug-likeness (QED) is 0.321. The Morgan fingerprint density at radius 3 is 1.85 bits per heavy atom. The van der Waals surface area contributed by atoms with Gasteiger partial charge in [-0.05, 0) is 63.3 Å². The van der Waals surface area contributed by atoms with Crippen molar-refractivity contribution in [3.05, 3.63) is 70.8 Å². The van der Waals surface area contributed by atoms with Gasteiger partial charge in [-0.25, -0.2) is 4.79 Å². The van der Waals surface area contributed by atoms with Gasteiger partial charge in [0.2, 0.25) is 0 Å². The Kier molecular flexibility index (Phi) is 9.14. The van der Waals surface area contributed by atoms with E-state index in [0.717, 1.165) is 29.5 Å². The number of hydrogen-bond acceptors (Lipinski definition) is 6. The number of amides is 1. The second-order valence-corrected chi connectivity index (χ2v) is 10.5. The van der Waals surface area contributed by atoms with Crippen LogP contribution in [0.15, 0.2) is 48.5 Å². The first kappa shape index (κ1) is 29.8. The van der Waals surface area contributed by atoms with E-state index in [0.29, 0.717) is 6.04 Å². The lowest BCUT2D eigenvalue weighted by Crippen LogP contribution is -2.51. The smallest absolute Gasteiger partial charge is 0.336 e. The molecule has 210 valence electrons. The molecular formula is C29H36N2O8. The number of likely N-dealkylation sites (N-methyl/N-ethyl adjacent to an activating group) is 1. The van der Waals surface area contributed by atoms with Gasteiger partial charge in [0.05, 0.1) is 18.9 Å². The van der Waals surface area contributed by atoms with Crippen molar-refractivity contribution >= 4 is 23.8 Å². The van der Waals surface area contributed by atoms with Crippen LogP contribution in [0.3, 0.4) is 0 Å². The number of fused-ring (bicyclic) bond motifs is 2. The van der Waals surface area contributed by atoms with Crippen molar-refractivity contribution in [3.63, 3.8) is 0 Å². The third-order valence-corrected chi connectivity index (χ3v) is 8.01. The molecule has 0 aliphatic carbocycles. The first-order chi connectivity index (χ1) is 18.3. The van der Waals surface area contributed by atoms with Crippen LogP contribution in [-0.4, -0.2) is 73.4 Å². The number of aliphatic hydroxyl groups is 1. The molecular weight excluding hydrogens is 504 g/mol. The molecule has 39 heavy (non-hydrogen) atoms. The highest BCUT2D eigenvalue weighted by Gasteiger charge is 2.54. The summed E-state index contributed by atoms with van der Waals surface area (Å²) in [4.78, 5) is 46.3. The molecule has 2 bridgehead atoms. The zero-order valence-electron chi connectivity index (χ0n) is 22.4. The molecule has 10 nitrogen and oxygen atoms in total. The Balaban J connectivity index is 0.000000276. The van der Waals surface area contributed by atoms with E-state index < -0.39 is 36.4 Å². The summed E-state index contributed by atoms with van der Waals surface area (Å²) < 4.78 is 0. The second-order valence-electron chi connectivity index (χ2n) is 10.5. The molecule has 1 amide bonds. The molecule has 0 aromatic heterocycles. The van der Waals surface area contributed by atoms with Crippen molar-refractivity contribution in [3.8, 4) is 0 Å². The number of carboxylic acid groups (broad SMARTS) is 3. The lowest BCUT2D eigenvalue weighted by atomic mass is 9.78. The van der Waals surface area contributed by atoms with Gasteiger partial charge in [-0.15, -0.1) is 0 Å². The molecule has 2 aromatic rings. The Bertz CT molecular complexity index is 1180. The monoisotopic (exact) mass is 540 g/mol. The fourth-order valence-electron chi connectivity index (χ4n) is 5.96. The topological polar surface area (TPSA) is 164 Å². The SMILES string of the molecule is Cc1cccc(C)c1C(=O)N[C@@H](c1ccccc1)C12CCC(CC1)N2C.O=C(O)CC(O)(CC(=O)O)C(=O)O. The highest BCUT2D eigenvalue weighted by Crippen LogP contribution is 2.51. The average Bonchev–Trinajstić information content (AvgIpc) is 3.34. The Labute approximate surface area is 227 Å². The van der Waals surface area contributed by atoms with Gasteiger partial charge >= 0.3 is 17.9 Å². The van der Waals surface area contributed by atoms with Crippen molar-refractivity contribution in [2.75, 3.05) is 7.05 Å². The van der Waals surface area contributed by atoms with E-state index in [9.17, 15) is 19.2 Å². The summed E-state index contributed by atoms with van der Waals surface area (Å²) in [6.07, 6.45) is 2.49. The molecule has 2 aliphatic heterocycles. The van der Waals surface area contributed by atoms with Crippen LogP contribution in [0.5, 0.6) is 0 Å². The number of carboxylic acids is 3. The van der Waals surface area contributed by atoms with E-state index in [4.69, 9.17) is 20.4 Å². The van der Waals surface area contributed by atoms with E-state index in [1.807, 2.05) is 38.1 Å². The van der Waals surface area contributed by atoms with E-state index in [-0.39, 0.29) is 17.5 Å². The summed E-state index contributed by atoms with van der Waals surface area (Å²) in [7, 11) is 2.24. The minimum Gasteiger partial charge on any atom is -0.481 e. The molecule has 2 saturated heterocycles. The number of nitrogens with one attached hydrogen (secondary N) is 1. The van der Waals surface area contributed by atoms with Crippen molar-refractivity contribution in [1.82, 2.24) is 10.2 Å². The molecule has 2 aliphatic rings. The molecule has 0 spiro atoms. The zero-order valence-corrected chi connectivity index (χ0v) is 22.4. The molecule has 1 atom stereocenters. The maximum Gasteiger partial charge on any atom is 0.336 e. The van der Waals surface area contributed by atoms with Gasteiger partial charge in [0, 0.05) is 17.1 Å². The van der Waals surface area contributed by atoms with Crippen molar-refractivity contribution in [2.45, 2.75) is 75.6 Å². The normalized spacial score (nSPS) is 21.0. The third-order valence-electron chi connectivity index (χ3n) is 8.01. The van der Waals surface area contributed by atoms with Crippen LogP contribution in [0.2, 0.25) is 0 Å². The molecule has 4 rings (SSSR count). The van der Waals surface area contributed by atoms with Gasteiger partial charge in [-0.1, -0.05) is 48.5 Å². The minimum atomic E-state index is -2.74. The summed E-state index contributed by atoms with van der Waals surface area (Å²) in [6.45, 7) is 4.04. The van der Waals surface area contributed by atoms with E-state index in [1.54, 1.807) is 0 Å². The fourth-order valence-corrected chi connectivity index (χ4v) is 5.96. The van der Waals surface area contributed by atoms with Crippen LogP contribution in [0.25, 0.3) is 0 Å². The second kappa shape index (κ2) is 12.0. The van der Waals surface area contributed by atoms with Crippen LogP contribution in [-0.2, 0) is 14.4 Å². The maximum absolute atomic E-state index is 13.3. The molecule has 0 radical (unpaired) electrons. The first-order valence-corrected chi connectivity index (χ1v) is 12.8. The zero-order chi connectivity index (χ0) is 29.0. The Morgan fingerprint density at radius 1 is 0.923 bits per heavy atom. The number of aryl methyl sites for hydroxylation is 2.